The van der Waals surface area contributed by atoms with Crippen LogP contribution < -0.4 is 0 Å². The average Bonchev–Trinajstić information content (AvgIpc) is 2.22. The first-order valence-electron chi connectivity index (χ1n) is 6.64. The van der Waals surface area contributed by atoms with Crippen LogP contribution in [0.5, 0.6) is 0 Å². The molecule has 0 heterocycles. The molecule has 4 rings (SSSR count). The summed E-state index contributed by atoms with van der Waals surface area (Å²) in [6, 6.07) is 0. The topological polar surface area (TPSA) is 26.3 Å². The molecule has 0 amide bonds. The van der Waals surface area contributed by atoms with Gasteiger partial charge < -0.3 is 4.74 Å². The number of halogens is 2. The van der Waals surface area contributed by atoms with Gasteiger partial charge in [0.15, 0.2) is 6.61 Å². The van der Waals surface area contributed by atoms with Gasteiger partial charge in [0.1, 0.15) is 0 Å². The second-order valence-corrected chi connectivity index (χ2v) is 7.09. The van der Waals surface area contributed by atoms with Crippen molar-refractivity contribution in [3.63, 3.8) is 0 Å². The fourth-order valence-corrected chi connectivity index (χ4v) is 4.73. The highest BCUT2D eigenvalue weighted by Crippen LogP contribution is 2.60. The quantitative estimate of drug-likeness (QED) is 0.632. The largest absolute Gasteiger partial charge is 0.458 e. The predicted octanol–water partition coefficient (Wildman–Crippen LogP) is 3.27. The van der Waals surface area contributed by atoms with Crippen LogP contribution in [-0.4, -0.2) is 17.8 Å². The second-order valence-electron chi connectivity index (χ2n) is 6.44. The highest BCUT2D eigenvalue weighted by Gasteiger charge is 2.55. The molecule has 4 aliphatic rings. The van der Waals surface area contributed by atoms with Gasteiger partial charge in [0.05, 0.1) is 5.41 Å². The molecule has 18 heavy (non-hydrogen) atoms. The first-order valence-corrected chi connectivity index (χ1v) is 7.08. The molecule has 0 aromatic heterocycles. The number of esters is 1. The van der Waals surface area contributed by atoms with Gasteiger partial charge in [-0.05, 0) is 56.3 Å². The Balaban J connectivity index is 1.69. The van der Waals surface area contributed by atoms with Crippen molar-refractivity contribution < 1.29 is 18.3 Å². The third-order valence-electron chi connectivity index (χ3n) is 4.85. The lowest BCUT2D eigenvalue weighted by atomic mass is 9.49. The van der Waals surface area contributed by atoms with E-state index >= 15 is 0 Å². The summed E-state index contributed by atoms with van der Waals surface area (Å²) < 4.78 is 30.1. The molecule has 0 aromatic carbocycles. The molecule has 4 saturated carbocycles. The zero-order valence-corrected chi connectivity index (χ0v) is 11.1. The normalized spacial score (nSPS) is 42.1. The van der Waals surface area contributed by atoms with Gasteiger partial charge in [0, 0.05) is 0 Å². The lowest BCUT2D eigenvalue weighted by Gasteiger charge is -2.55. The first-order chi connectivity index (χ1) is 8.36. The van der Waals surface area contributed by atoms with Gasteiger partial charge in [-0.2, -0.15) is 8.78 Å². The highest BCUT2D eigenvalue weighted by atomic mass is 32.1. The van der Waals surface area contributed by atoms with Gasteiger partial charge >= 0.3 is 11.2 Å². The Hall–Kier alpha value is -0.320. The molecule has 0 aromatic rings. The molecule has 102 valence electrons. The van der Waals surface area contributed by atoms with Crippen molar-refractivity contribution in [2.45, 2.75) is 43.8 Å². The zero-order chi connectivity index (χ0) is 13.0. The molecule has 0 saturated heterocycles. The molecule has 4 fully saturated rings. The summed E-state index contributed by atoms with van der Waals surface area (Å²) in [7, 11) is 0. The third kappa shape index (κ3) is 2.26. The lowest BCUT2D eigenvalue weighted by molar-refractivity contribution is -0.176. The second kappa shape index (κ2) is 4.09. The fraction of sp³-hybridized carbons (Fsp3) is 0.923. The van der Waals surface area contributed by atoms with Crippen LogP contribution in [0.4, 0.5) is 8.78 Å². The number of carbonyl (C=O) groups is 1. The molecule has 5 heteroatoms. The van der Waals surface area contributed by atoms with Gasteiger partial charge in [0.25, 0.3) is 0 Å². The van der Waals surface area contributed by atoms with Crippen molar-refractivity contribution in [3.8, 4) is 0 Å². The minimum absolute atomic E-state index is 0.407. The number of rotatable bonds is 3. The van der Waals surface area contributed by atoms with Crippen LogP contribution in [0, 0.1) is 23.2 Å². The van der Waals surface area contributed by atoms with E-state index in [1.807, 2.05) is 0 Å². The summed E-state index contributed by atoms with van der Waals surface area (Å²) in [4.78, 5) is 12.2. The van der Waals surface area contributed by atoms with Gasteiger partial charge in [0.2, 0.25) is 0 Å². The first kappa shape index (κ1) is 12.7. The van der Waals surface area contributed by atoms with Crippen LogP contribution in [0.2, 0.25) is 0 Å². The van der Waals surface area contributed by atoms with Crippen LogP contribution in [0.1, 0.15) is 38.5 Å². The Labute approximate surface area is 111 Å². The number of thiol groups is 1. The fourth-order valence-electron chi connectivity index (χ4n) is 4.67. The smallest absolute Gasteiger partial charge is 0.324 e. The molecular weight excluding hydrogens is 258 g/mol. The van der Waals surface area contributed by atoms with E-state index in [1.54, 1.807) is 0 Å². The molecule has 0 atom stereocenters. The van der Waals surface area contributed by atoms with Crippen molar-refractivity contribution in [2.75, 3.05) is 6.61 Å². The average molecular weight is 276 g/mol. The number of hydrogen-bond acceptors (Lipinski definition) is 3. The van der Waals surface area contributed by atoms with E-state index in [0.717, 1.165) is 19.3 Å². The SMILES string of the molecule is O=C(OCC(F)(F)S)C12CC3CC(CC(C3)C1)C2. The summed E-state index contributed by atoms with van der Waals surface area (Å²) in [5.41, 5.74) is -0.451. The van der Waals surface area contributed by atoms with E-state index in [1.165, 1.54) is 19.3 Å². The van der Waals surface area contributed by atoms with Gasteiger partial charge in [-0.15, -0.1) is 12.6 Å². The van der Waals surface area contributed by atoms with Crippen LogP contribution >= 0.6 is 12.6 Å². The lowest BCUT2D eigenvalue weighted by Crippen LogP contribution is -2.50. The van der Waals surface area contributed by atoms with Gasteiger partial charge in [-0.25, -0.2) is 0 Å². The Morgan fingerprint density at radius 2 is 1.61 bits per heavy atom. The maximum absolute atomic E-state index is 12.6. The predicted molar refractivity (Wildman–Crippen MR) is 65.5 cm³/mol. The van der Waals surface area contributed by atoms with E-state index < -0.39 is 23.2 Å². The standard InChI is InChI=1S/C13H18F2O2S/c14-13(15,18)7-17-11(16)12-4-8-1-9(5-12)3-10(2-8)6-12/h8-10,18H,1-7H2. The van der Waals surface area contributed by atoms with E-state index in [0.29, 0.717) is 17.8 Å². The van der Waals surface area contributed by atoms with Gasteiger partial charge in [-0.3, -0.25) is 4.79 Å². The third-order valence-corrected chi connectivity index (χ3v) is 4.98. The Kier molecular flexibility index (Phi) is 2.88. The molecule has 2 nitrogen and oxygen atoms in total. The van der Waals surface area contributed by atoms with Crippen LogP contribution in [-0.2, 0) is 9.53 Å². The number of carbonyl (C=O) groups excluding carboxylic acids is 1. The molecule has 4 bridgehead atoms. The molecular formula is C13H18F2O2S. The minimum Gasteiger partial charge on any atom is -0.458 e. The van der Waals surface area contributed by atoms with E-state index in [9.17, 15) is 13.6 Å². The van der Waals surface area contributed by atoms with Crippen LogP contribution in [0.3, 0.4) is 0 Å². The van der Waals surface area contributed by atoms with Crippen molar-refractivity contribution in [3.05, 3.63) is 0 Å². The summed E-state index contributed by atoms with van der Waals surface area (Å²) in [6.45, 7) is -0.906. The maximum atomic E-state index is 12.6. The molecule has 0 unspecified atom stereocenters. The minimum atomic E-state index is -3.22. The van der Waals surface area contributed by atoms with Crippen molar-refractivity contribution >= 4 is 18.6 Å². The summed E-state index contributed by atoms with van der Waals surface area (Å²) in [6.07, 6.45) is 6.18. The van der Waals surface area contributed by atoms with Crippen molar-refractivity contribution in [1.29, 1.82) is 0 Å². The molecule has 0 radical (unpaired) electrons. The maximum Gasteiger partial charge on any atom is 0.324 e. The van der Waals surface area contributed by atoms with E-state index in [4.69, 9.17) is 4.74 Å². The Morgan fingerprint density at radius 3 is 2.00 bits per heavy atom. The monoisotopic (exact) mass is 276 g/mol. The Morgan fingerprint density at radius 1 is 1.17 bits per heavy atom. The van der Waals surface area contributed by atoms with Crippen LogP contribution in [0.15, 0.2) is 0 Å². The number of alkyl halides is 2. The van der Waals surface area contributed by atoms with E-state index in [2.05, 4.69) is 12.6 Å². The van der Waals surface area contributed by atoms with E-state index in [-0.39, 0.29) is 0 Å². The van der Waals surface area contributed by atoms with Gasteiger partial charge in [-0.1, -0.05) is 0 Å². The van der Waals surface area contributed by atoms with Crippen molar-refractivity contribution in [2.24, 2.45) is 23.2 Å². The Bertz CT molecular complexity index is 329. The van der Waals surface area contributed by atoms with Crippen molar-refractivity contribution in [1.82, 2.24) is 0 Å². The summed E-state index contributed by atoms with van der Waals surface area (Å²) in [5.74, 6) is 1.43. The molecule has 0 spiro atoms. The highest BCUT2D eigenvalue weighted by molar-refractivity contribution is 7.81. The summed E-state index contributed by atoms with van der Waals surface area (Å²) >= 11 is 3.10. The van der Waals surface area contributed by atoms with Crippen LogP contribution in [0.25, 0.3) is 0 Å². The number of hydrogen-bond donors (Lipinski definition) is 1. The number of ether oxygens (including phenoxy) is 1. The molecule has 0 N–H and O–H groups in total. The molecule has 4 aliphatic carbocycles. The summed E-state index contributed by atoms with van der Waals surface area (Å²) in [5, 5.41) is -3.22. The molecule has 0 aliphatic heterocycles. The zero-order valence-electron chi connectivity index (χ0n) is 10.2.